The molecule has 5 rings (SSSR count). The number of aryl methyl sites for hydroxylation is 1. The third kappa shape index (κ3) is 4.13. The van der Waals surface area contributed by atoms with Gasteiger partial charge in [0.15, 0.2) is 0 Å². The number of nitrogens with one attached hydrogen (secondary N) is 2. The zero-order valence-electron chi connectivity index (χ0n) is 20.6. The highest BCUT2D eigenvalue weighted by Crippen LogP contribution is 2.46. The number of nitrogens with zero attached hydrogens (tertiary/aromatic N) is 3. The van der Waals surface area contributed by atoms with Gasteiger partial charge in [0.25, 0.3) is 5.91 Å². The maximum absolute atomic E-state index is 13.4. The largest absolute Gasteiger partial charge is 0.347 e. The van der Waals surface area contributed by atoms with Gasteiger partial charge in [-0.1, -0.05) is 32.6 Å². The molecule has 2 aromatic heterocycles. The summed E-state index contributed by atoms with van der Waals surface area (Å²) in [5.74, 6) is -0.0249. The molecule has 4 amide bonds. The van der Waals surface area contributed by atoms with Crippen LogP contribution in [0.25, 0.3) is 10.2 Å². The minimum absolute atomic E-state index is 0.135. The molecule has 4 heterocycles. The standard InChI is InChI=1S/C27H29N5O3S/c1-5-21(33)31-12-6-7-18(14-31)29-25(34)24-23-22-20(10-11-28-26(22)36-24)32(27(35)30-23)19-9-8-17(15(2)3)13-16(19)4/h5,8-11,13,15,18H,1,6-7,12,14H2,2-4H3,(H,29,34)(H,30,35). The molecule has 1 saturated heterocycles. The molecule has 8 nitrogen and oxygen atoms in total. The van der Waals surface area contributed by atoms with Crippen molar-refractivity contribution in [2.24, 2.45) is 0 Å². The Morgan fingerprint density at radius 3 is 2.81 bits per heavy atom. The van der Waals surface area contributed by atoms with E-state index in [0.29, 0.717) is 40.1 Å². The molecule has 2 aliphatic rings. The third-order valence-electron chi connectivity index (χ3n) is 6.82. The van der Waals surface area contributed by atoms with Crippen molar-refractivity contribution >= 4 is 56.5 Å². The Morgan fingerprint density at radius 2 is 2.08 bits per heavy atom. The number of aromatic nitrogens is 1. The van der Waals surface area contributed by atoms with Gasteiger partial charge < -0.3 is 15.5 Å². The van der Waals surface area contributed by atoms with Crippen molar-refractivity contribution < 1.29 is 14.4 Å². The Morgan fingerprint density at radius 1 is 1.28 bits per heavy atom. The molecule has 1 fully saturated rings. The van der Waals surface area contributed by atoms with Gasteiger partial charge in [-0.25, -0.2) is 9.78 Å². The number of pyridine rings is 1. The number of rotatable bonds is 5. The average Bonchev–Trinajstić information content (AvgIpc) is 3.24. The zero-order valence-corrected chi connectivity index (χ0v) is 21.4. The van der Waals surface area contributed by atoms with Gasteiger partial charge in [-0.2, -0.15) is 0 Å². The normalized spacial score (nSPS) is 17.3. The van der Waals surface area contributed by atoms with Crippen LogP contribution in [0.5, 0.6) is 0 Å². The number of piperidine rings is 1. The second kappa shape index (κ2) is 9.39. The van der Waals surface area contributed by atoms with Gasteiger partial charge in [0, 0.05) is 25.3 Å². The minimum Gasteiger partial charge on any atom is -0.347 e. The van der Waals surface area contributed by atoms with Crippen LogP contribution >= 0.6 is 11.3 Å². The van der Waals surface area contributed by atoms with E-state index in [1.807, 2.05) is 25.1 Å². The summed E-state index contributed by atoms with van der Waals surface area (Å²) < 4.78 is 0. The number of hydrogen-bond donors (Lipinski definition) is 2. The highest BCUT2D eigenvalue weighted by molar-refractivity contribution is 7.21. The SMILES string of the molecule is C=CC(=O)N1CCCC(NC(=O)c2sc3nccc4c3c2NC(=O)N4c2ccc(C(C)C)cc2C)C1. The van der Waals surface area contributed by atoms with Crippen LogP contribution in [-0.2, 0) is 4.79 Å². The molecular formula is C27H29N5O3S. The lowest BCUT2D eigenvalue weighted by atomic mass is 9.99. The molecule has 0 radical (unpaired) electrons. The second-order valence-corrected chi connectivity index (χ2v) is 10.6. The van der Waals surface area contributed by atoms with Crippen LogP contribution in [-0.4, -0.2) is 46.9 Å². The fourth-order valence-corrected chi connectivity index (χ4v) is 5.97. The Labute approximate surface area is 214 Å². The van der Waals surface area contributed by atoms with E-state index in [1.165, 1.54) is 23.0 Å². The first-order chi connectivity index (χ1) is 17.3. The van der Waals surface area contributed by atoms with Gasteiger partial charge in [0.2, 0.25) is 5.91 Å². The number of thiophene rings is 1. The summed E-state index contributed by atoms with van der Waals surface area (Å²) in [6.45, 7) is 10.9. The van der Waals surface area contributed by atoms with Crippen molar-refractivity contribution in [3.05, 3.63) is 59.1 Å². The summed E-state index contributed by atoms with van der Waals surface area (Å²) in [5.41, 5.74) is 4.19. The molecule has 1 atom stereocenters. The molecule has 9 heteroatoms. The van der Waals surface area contributed by atoms with Crippen molar-refractivity contribution in [3.8, 4) is 0 Å². The van der Waals surface area contributed by atoms with Gasteiger partial charge in [-0.05, 0) is 55.0 Å². The monoisotopic (exact) mass is 503 g/mol. The van der Waals surface area contributed by atoms with Crippen LogP contribution in [0, 0.1) is 6.92 Å². The predicted molar refractivity (Wildman–Crippen MR) is 143 cm³/mol. The van der Waals surface area contributed by atoms with Gasteiger partial charge in [-0.3, -0.25) is 14.5 Å². The lowest BCUT2D eigenvalue weighted by molar-refractivity contribution is -0.127. The summed E-state index contributed by atoms with van der Waals surface area (Å²) in [7, 11) is 0. The summed E-state index contributed by atoms with van der Waals surface area (Å²) in [6, 6.07) is 7.46. The lowest BCUT2D eigenvalue weighted by Gasteiger charge is -2.32. The van der Waals surface area contributed by atoms with Crippen molar-refractivity contribution in [1.29, 1.82) is 0 Å². The van der Waals surface area contributed by atoms with E-state index < -0.39 is 0 Å². The molecular weight excluding hydrogens is 474 g/mol. The maximum atomic E-state index is 13.4. The highest BCUT2D eigenvalue weighted by atomic mass is 32.1. The fraction of sp³-hybridized carbons (Fsp3) is 0.333. The van der Waals surface area contributed by atoms with E-state index in [1.54, 1.807) is 16.0 Å². The van der Waals surface area contributed by atoms with Gasteiger partial charge in [0.1, 0.15) is 9.71 Å². The molecule has 1 aromatic carbocycles. The molecule has 186 valence electrons. The molecule has 3 aromatic rings. The van der Waals surface area contributed by atoms with Gasteiger partial charge in [-0.15, -0.1) is 11.3 Å². The van der Waals surface area contributed by atoms with E-state index in [0.717, 1.165) is 29.5 Å². The molecule has 0 bridgehead atoms. The first-order valence-electron chi connectivity index (χ1n) is 12.1. The quantitative estimate of drug-likeness (QED) is 0.461. The second-order valence-electron chi connectivity index (χ2n) is 9.58. The van der Waals surface area contributed by atoms with Crippen LogP contribution in [0.2, 0.25) is 0 Å². The number of amides is 4. The van der Waals surface area contributed by atoms with Crippen LogP contribution in [0.15, 0.2) is 43.1 Å². The minimum atomic E-state index is -0.316. The zero-order chi connectivity index (χ0) is 25.6. The molecule has 0 saturated carbocycles. The molecule has 1 unspecified atom stereocenters. The van der Waals surface area contributed by atoms with Crippen LogP contribution in [0.3, 0.4) is 0 Å². The van der Waals surface area contributed by atoms with Gasteiger partial charge in [0.05, 0.1) is 22.4 Å². The van der Waals surface area contributed by atoms with Crippen molar-refractivity contribution in [2.45, 2.75) is 45.6 Å². The fourth-order valence-electron chi connectivity index (χ4n) is 4.95. The number of likely N-dealkylation sites (tertiary alicyclic amines) is 1. The molecule has 0 aliphatic carbocycles. The Kier molecular flexibility index (Phi) is 6.26. The summed E-state index contributed by atoms with van der Waals surface area (Å²) >= 11 is 1.26. The molecule has 36 heavy (non-hydrogen) atoms. The summed E-state index contributed by atoms with van der Waals surface area (Å²) in [4.78, 5) is 47.7. The summed E-state index contributed by atoms with van der Waals surface area (Å²) in [6.07, 6.45) is 4.55. The topological polar surface area (TPSA) is 94.6 Å². The number of hydrogen-bond acceptors (Lipinski definition) is 5. The first-order valence-corrected chi connectivity index (χ1v) is 13.0. The first kappa shape index (κ1) is 24.0. The Hall–Kier alpha value is -3.72. The third-order valence-corrected chi connectivity index (χ3v) is 7.92. The molecule has 0 spiro atoms. The van der Waals surface area contributed by atoms with Crippen LogP contribution < -0.4 is 15.5 Å². The van der Waals surface area contributed by atoms with E-state index in [-0.39, 0.29) is 23.9 Å². The highest BCUT2D eigenvalue weighted by Gasteiger charge is 2.34. The smallest absolute Gasteiger partial charge is 0.331 e. The van der Waals surface area contributed by atoms with Crippen molar-refractivity contribution in [3.63, 3.8) is 0 Å². The number of carbonyl (C=O) groups excluding carboxylic acids is 3. The number of anilines is 3. The Bertz CT molecular complexity index is 1400. The van der Waals surface area contributed by atoms with E-state index in [2.05, 4.69) is 42.1 Å². The van der Waals surface area contributed by atoms with Gasteiger partial charge >= 0.3 is 6.03 Å². The maximum Gasteiger partial charge on any atom is 0.331 e. The van der Waals surface area contributed by atoms with E-state index in [4.69, 9.17) is 0 Å². The summed E-state index contributed by atoms with van der Waals surface area (Å²) in [5, 5.41) is 6.77. The average molecular weight is 504 g/mol. The van der Waals surface area contributed by atoms with E-state index in [9.17, 15) is 14.4 Å². The number of urea groups is 1. The Balaban J connectivity index is 1.48. The van der Waals surface area contributed by atoms with Crippen molar-refractivity contribution in [2.75, 3.05) is 23.3 Å². The molecule has 2 N–H and O–H groups in total. The molecule has 2 aliphatic heterocycles. The van der Waals surface area contributed by atoms with Crippen LogP contribution in [0.1, 0.15) is 53.4 Å². The van der Waals surface area contributed by atoms with Crippen molar-refractivity contribution in [1.82, 2.24) is 15.2 Å². The number of benzene rings is 1. The predicted octanol–water partition coefficient (Wildman–Crippen LogP) is 5.32. The van der Waals surface area contributed by atoms with Crippen LogP contribution in [0.4, 0.5) is 21.9 Å². The number of carbonyl (C=O) groups is 3. The lowest BCUT2D eigenvalue weighted by Crippen LogP contribution is -2.49. The van der Waals surface area contributed by atoms with E-state index >= 15 is 0 Å².